The molecule has 0 atom stereocenters. The SMILES string of the molecule is COC1(c2nc(=S)c(Br)c(C(C)C)[nH]2)CCOCC1. The molecule has 1 saturated heterocycles. The number of methoxy groups -OCH3 is 1. The molecule has 0 saturated carbocycles. The number of ether oxygens (including phenoxy) is 2. The van der Waals surface area contributed by atoms with E-state index >= 15 is 0 Å². The highest BCUT2D eigenvalue weighted by atomic mass is 79.9. The van der Waals surface area contributed by atoms with Crippen LogP contribution in [0.2, 0.25) is 0 Å². The van der Waals surface area contributed by atoms with Gasteiger partial charge in [-0.25, -0.2) is 4.98 Å². The predicted octanol–water partition coefficient (Wildman–Crippen LogP) is 3.68. The smallest absolute Gasteiger partial charge is 0.144 e. The van der Waals surface area contributed by atoms with Gasteiger partial charge in [0.15, 0.2) is 0 Å². The first-order chi connectivity index (χ1) is 9.00. The van der Waals surface area contributed by atoms with E-state index in [1.807, 2.05) is 0 Å². The molecular weight excluding hydrogens is 328 g/mol. The number of hydrogen-bond acceptors (Lipinski definition) is 4. The second-order valence-corrected chi connectivity index (χ2v) is 6.26. The van der Waals surface area contributed by atoms with Gasteiger partial charge in [-0.2, -0.15) is 0 Å². The van der Waals surface area contributed by atoms with Crippen LogP contribution in [0.15, 0.2) is 4.47 Å². The first-order valence-corrected chi connectivity index (χ1v) is 7.63. The van der Waals surface area contributed by atoms with Crippen molar-refractivity contribution in [3.05, 3.63) is 20.6 Å². The van der Waals surface area contributed by atoms with Crippen molar-refractivity contribution in [3.63, 3.8) is 0 Å². The predicted molar refractivity (Wildman–Crippen MR) is 80.0 cm³/mol. The second-order valence-electron chi connectivity index (χ2n) is 5.08. The number of aromatic amines is 1. The van der Waals surface area contributed by atoms with Crippen LogP contribution in [0.1, 0.15) is 44.1 Å². The molecule has 2 rings (SSSR count). The summed E-state index contributed by atoms with van der Waals surface area (Å²) in [6, 6.07) is 0. The monoisotopic (exact) mass is 346 g/mol. The van der Waals surface area contributed by atoms with Gasteiger partial charge >= 0.3 is 0 Å². The first-order valence-electron chi connectivity index (χ1n) is 6.43. The summed E-state index contributed by atoms with van der Waals surface area (Å²) < 4.78 is 12.6. The van der Waals surface area contributed by atoms with Crippen LogP contribution in [0.25, 0.3) is 0 Å². The molecule has 2 heterocycles. The molecule has 6 heteroatoms. The Hall–Kier alpha value is -0.300. The maximum absolute atomic E-state index is 5.76. The number of rotatable bonds is 3. The molecule has 1 aromatic rings. The third-order valence-corrected chi connectivity index (χ3v) is 4.95. The third kappa shape index (κ3) is 2.91. The summed E-state index contributed by atoms with van der Waals surface area (Å²) in [7, 11) is 1.72. The van der Waals surface area contributed by atoms with Crippen molar-refractivity contribution < 1.29 is 9.47 Å². The largest absolute Gasteiger partial charge is 0.381 e. The Balaban J connectivity index is 2.52. The van der Waals surface area contributed by atoms with Crippen LogP contribution < -0.4 is 0 Å². The van der Waals surface area contributed by atoms with Gasteiger partial charge < -0.3 is 14.5 Å². The van der Waals surface area contributed by atoms with E-state index in [-0.39, 0.29) is 0 Å². The van der Waals surface area contributed by atoms with Crippen LogP contribution in [0, 0.1) is 4.64 Å². The Bertz CT molecular complexity index is 510. The average molecular weight is 347 g/mol. The molecule has 0 aromatic carbocycles. The standard InChI is InChI=1S/C13H19BrN2O2S/c1-8(2)10-9(14)11(19)16-12(15-10)13(17-3)4-6-18-7-5-13/h8H,4-7H2,1-3H3,(H,15,16,19). The average Bonchev–Trinajstić information content (AvgIpc) is 2.42. The summed E-state index contributed by atoms with van der Waals surface area (Å²) >= 11 is 8.86. The number of nitrogens with one attached hydrogen (secondary N) is 1. The van der Waals surface area contributed by atoms with E-state index in [0.717, 1.165) is 28.8 Å². The molecule has 0 bridgehead atoms. The van der Waals surface area contributed by atoms with E-state index in [9.17, 15) is 0 Å². The van der Waals surface area contributed by atoms with Gasteiger partial charge in [-0.15, -0.1) is 0 Å². The molecule has 1 aliphatic rings. The number of H-pyrrole nitrogens is 1. The number of hydrogen-bond donors (Lipinski definition) is 1. The van der Waals surface area contributed by atoms with E-state index in [0.29, 0.717) is 23.8 Å². The van der Waals surface area contributed by atoms with Gasteiger partial charge in [0.05, 0.1) is 4.47 Å². The second kappa shape index (κ2) is 5.99. The van der Waals surface area contributed by atoms with Crippen LogP contribution in [-0.4, -0.2) is 30.3 Å². The van der Waals surface area contributed by atoms with Crippen LogP contribution >= 0.6 is 28.1 Å². The highest BCUT2D eigenvalue weighted by molar-refractivity contribution is 9.10. The Morgan fingerprint density at radius 2 is 2.05 bits per heavy atom. The summed E-state index contributed by atoms with van der Waals surface area (Å²) in [5, 5.41) is 0. The summed E-state index contributed by atoms with van der Waals surface area (Å²) in [6.45, 7) is 5.61. The molecule has 4 nitrogen and oxygen atoms in total. The Morgan fingerprint density at radius 3 is 2.58 bits per heavy atom. The lowest BCUT2D eigenvalue weighted by atomic mass is 9.92. The molecule has 19 heavy (non-hydrogen) atoms. The molecule has 0 amide bonds. The van der Waals surface area contributed by atoms with Gasteiger partial charge in [0, 0.05) is 38.9 Å². The van der Waals surface area contributed by atoms with Gasteiger partial charge in [-0.05, 0) is 21.8 Å². The molecule has 1 aromatic heterocycles. The third-order valence-electron chi connectivity index (χ3n) is 3.59. The van der Waals surface area contributed by atoms with E-state index in [1.54, 1.807) is 7.11 Å². The van der Waals surface area contributed by atoms with Crippen molar-refractivity contribution in [1.29, 1.82) is 0 Å². The summed E-state index contributed by atoms with van der Waals surface area (Å²) in [4.78, 5) is 7.92. The van der Waals surface area contributed by atoms with Gasteiger partial charge in [0.1, 0.15) is 16.1 Å². The molecule has 1 N–H and O–H groups in total. The fraction of sp³-hybridized carbons (Fsp3) is 0.692. The van der Waals surface area contributed by atoms with Crippen molar-refractivity contribution >= 4 is 28.1 Å². The Kier molecular flexibility index (Phi) is 4.76. The maximum Gasteiger partial charge on any atom is 0.144 e. The van der Waals surface area contributed by atoms with Gasteiger partial charge in [-0.1, -0.05) is 26.1 Å². The van der Waals surface area contributed by atoms with Crippen LogP contribution in [0.4, 0.5) is 0 Å². The lowest BCUT2D eigenvalue weighted by Crippen LogP contribution is -2.37. The van der Waals surface area contributed by atoms with Crippen LogP contribution in [-0.2, 0) is 15.1 Å². The molecule has 0 unspecified atom stereocenters. The zero-order valence-electron chi connectivity index (χ0n) is 11.5. The van der Waals surface area contributed by atoms with Gasteiger partial charge in [0.2, 0.25) is 0 Å². The quantitative estimate of drug-likeness (QED) is 0.848. The minimum absolute atomic E-state index is 0.339. The van der Waals surface area contributed by atoms with Crippen LogP contribution in [0.3, 0.4) is 0 Å². The van der Waals surface area contributed by atoms with E-state index in [2.05, 4.69) is 39.7 Å². The lowest BCUT2D eigenvalue weighted by molar-refractivity contribution is -0.100. The van der Waals surface area contributed by atoms with E-state index < -0.39 is 5.60 Å². The molecule has 0 spiro atoms. The van der Waals surface area contributed by atoms with Crippen molar-refractivity contribution in [2.75, 3.05) is 20.3 Å². The molecule has 0 aliphatic carbocycles. The van der Waals surface area contributed by atoms with E-state index in [1.165, 1.54) is 0 Å². The summed E-state index contributed by atoms with van der Waals surface area (Å²) in [5.74, 6) is 1.15. The minimum atomic E-state index is -0.407. The Labute approximate surface area is 127 Å². The summed E-state index contributed by atoms with van der Waals surface area (Å²) in [5.41, 5.74) is 0.661. The zero-order valence-corrected chi connectivity index (χ0v) is 13.9. The van der Waals surface area contributed by atoms with Crippen molar-refractivity contribution in [2.24, 2.45) is 0 Å². The minimum Gasteiger partial charge on any atom is -0.381 e. The Morgan fingerprint density at radius 1 is 1.42 bits per heavy atom. The molecule has 0 radical (unpaired) electrons. The van der Waals surface area contributed by atoms with Crippen molar-refractivity contribution in [3.8, 4) is 0 Å². The molecular formula is C13H19BrN2O2S. The fourth-order valence-corrected chi connectivity index (χ4v) is 3.18. The topological polar surface area (TPSA) is 47.1 Å². The normalized spacial score (nSPS) is 18.8. The fourth-order valence-electron chi connectivity index (χ4n) is 2.33. The van der Waals surface area contributed by atoms with Gasteiger partial charge in [0.25, 0.3) is 0 Å². The number of aromatic nitrogens is 2. The zero-order chi connectivity index (χ0) is 14.0. The number of nitrogens with zero attached hydrogens (tertiary/aromatic N) is 1. The first kappa shape index (κ1) is 15.1. The molecule has 1 aliphatic heterocycles. The van der Waals surface area contributed by atoms with Gasteiger partial charge in [-0.3, -0.25) is 0 Å². The number of halogens is 1. The summed E-state index contributed by atoms with van der Waals surface area (Å²) in [6.07, 6.45) is 1.59. The molecule has 1 fully saturated rings. The molecule has 106 valence electrons. The highest BCUT2D eigenvalue weighted by Crippen LogP contribution is 2.35. The van der Waals surface area contributed by atoms with Crippen molar-refractivity contribution in [2.45, 2.75) is 38.2 Å². The van der Waals surface area contributed by atoms with Crippen LogP contribution in [0.5, 0.6) is 0 Å². The van der Waals surface area contributed by atoms with Crippen molar-refractivity contribution in [1.82, 2.24) is 9.97 Å². The maximum atomic E-state index is 5.76. The van der Waals surface area contributed by atoms with E-state index in [4.69, 9.17) is 21.7 Å². The highest BCUT2D eigenvalue weighted by Gasteiger charge is 2.37. The lowest BCUT2D eigenvalue weighted by Gasteiger charge is -2.35.